The van der Waals surface area contributed by atoms with Crippen LogP contribution in [0, 0.1) is 0 Å². The second kappa shape index (κ2) is 8.52. The smallest absolute Gasteiger partial charge is 0.145 e. The number of hydrogen-bond acceptors (Lipinski definition) is 8. The minimum absolute atomic E-state index is 0.227. The van der Waals surface area contributed by atoms with Crippen LogP contribution in [-0.2, 0) is 9.47 Å². The van der Waals surface area contributed by atoms with E-state index in [1.807, 2.05) is 48.5 Å². The van der Waals surface area contributed by atoms with Gasteiger partial charge >= 0.3 is 0 Å². The van der Waals surface area contributed by atoms with Gasteiger partial charge in [-0.2, -0.15) is 0 Å². The minimum Gasteiger partial charge on any atom is -0.490 e. The highest BCUT2D eigenvalue weighted by Gasteiger charge is 2.37. The van der Waals surface area contributed by atoms with Crippen molar-refractivity contribution in [2.75, 3.05) is 39.6 Å². The third kappa shape index (κ3) is 5.14. The van der Waals surface area contributed by atoms with E-state index in [1.165, 1.54) is 0 Å². The average Bonchev–Trinajstić information content (AvgIpc) is 2.67. The molecule has 0 aliphatic carbocycles. The Morgan fingerprint density at radius 1 is 0.750 bits per heavy atom. The number of rotatable bonds is 9. The number of aliphatic hydroxyl groups is 2. The molecule has 2 fully saturated rings. The second-order valence-corrected chi connectivity index (χ2v) is 9.40. The molecule has 2 aromatic carbocycles. The SMILES string of the molecule is OC1(COc2cccc(SSc3cccc(OCC4(O)COC4)c3)c2)COC1. The van der Waals surface area contributed by atoms with Gasteiger partial charge in [-0.05, 0) is 36.4 Å². The van der Waals surface area contributed by atoms with Gasteiger partial charge < -0.3 is 29.2 Å². The van der Waals surface area contributed by atoms with E-state index in [-0.39, 0.29) is 13.2 Å². The lowest BCUT2D eigenvalue weighted by molar-refractivity contribution is -0.192. The van der Waals surface area contributed by atoms with Crippen LogP contribution in [0.1, 0.15) is 0 Å². The minimum atomic E-state index is -0.864. The fraction of sp³-hybridized carbons (Fsp3) is 0.400. The average molecular weight is 423 g/mol. The zero-order valence-electron chi connectivity index (χ0n) is 15.2. The van der Waals surface area contributed by atoms with E-state index in [4.69, 9.17) is 18.9 Å². The molecule has 2 aliphatic heterocycles. The molecule has 0 unspecified atom stereocenters. The van der Waals surface area contributed by atoms with E-state index in [0.29, 0.717) is 26.4 Å². The molecular formula is C20H22O6S2. The third-order valence-corrected chi connectivity index (χ3v) is 6.72. The second-order valence-electron chi connectivity index (χ2n) is 7.13. The highest BCUT2D eigenvalue weighted by Crippen LogP contribution is 2.39. The molecule has 0 aromatic heterocycles. The fourth-order valence-electron chi connectivity index (χ4n) is 2.61. The van der Waals surface area contributed by atoms with Gasteiger partial charge in [-0.3, -0.25) is 0 Å². The van der Waals surface area contributed by atoms with Gasteiger partial charge in [0.15, 0.2) is 0 Å². The first-order valence-electron chi connectivity index (χ1n) is 8.93. The molecule has 2 aromatic rings. The lowest BCUT2D eigenvalue weighted by Gasteiger charge is -2.35. The molecule has 0 amide bonds. The van der Waals surface area contributed by atoms with Crippen LogP contribution in [0.2, 0.25) is 0 Å². The fourth-order valence-corrected chi connectivity index (χ4v) is 4.59. The van der Waals surface area contributed by atoms with Crippen LogP contribution in [-0.4, -0.2) is 61.1 Å². The van der Waals surface area contributed by atoms with Crippen LogP contribution >= 0.6 is 21.6 Å². The summed E-state index contributed by atoms with van der Waals surface area (Å²) in [4.78, 5) is 2.10. The van der Waals surface area contributed by atoms with Gasteiger partial charge in [0.05, 0.1) is 26.4 Å². The maximum Gasteiger partial charge on any atom is 0.145 e. The van der Waals surface area contributed by atoms with Crippen molar-refractivity contribution < 1.29 is 29.2 Å². The number of hydrogen-bond donors (Lipinski definition) is 2. The molecule has 8 heteroatoms. The van der Waals surface area contributed by atoms with E-state index >= 15 is 0 Å². The Morgan fingerprint density at radius 2 is 1.18 bits per heavy atom. The maximum atomic E-state index is 10.0. The lowest BCUT2D eigenvalue weighted by Crippen LogP contribution is -2.53. The molecule has 2 heterocycles. The maximum absolute atomic E-state index is 10.0. The molecule has 0 radical (unpaired) electrons. The highest BCUT2D eigenvalue weighted by atomic mass is 33.1. The highest BCUT2D eigenvalue weighted by molar-refractivity contribution is 8.76. The quantitative estimate of drug-likeness (QED) is 0.598. The van der Waals surface area contributed by atoms with Crippen LogP contribution in [0.15, 0.2) is 58.3 Å². The summed E-state index contributed by atoms with van der Waals surface area (Å²) >= 11 is 0. The van der Waals surface area contributed by atoms with Crippen LogP contribution in [0.25, 0.3) is 0 Å². The summed E-state index contributed by atoms with van der Waals surface area (Å²) in [6, 6.07) is 15.5. The first-order valence-corrected chi connectivity index (χ1v) is 11.1. The number of benzene rings is 2. The molecule has 28 heavy (non-hydrogen) atoms. The van der Waals surface area contributed by atoms with Gasteiger partial charge in [0.2, 0.25) is 0 Å². The van der Waals surface area contributed by atoms with Gasteiger partial charge in [-0.1, -0.05) is 33.7 Å². The van der Waals surface area contributed by atoms with E-state index < -0.39 is 11.2 Å². The van der Waals surface area contributed by atoms with Crippen LogP contribution in [0.4, 0.5) is 0 Å². The molecule has 150 valence electrons. The Kier molecular flexibility index (Phi) is 6.05. The molecule has 2 N–H and O–H groups in total. The van der Waals surface area contributed by atoms with Gasteiger partial charge in [0.25, 0.3) is 0 Å². The van der Waals surface area contributed by atoms with E-state index in [0.717, 1.165) is 21.3 Å². The lowest BCUT2D eigenvalue weighted by atomic mass is 10.0. The van der Waals surface area contributed by atoms with Crippen LogP contribution in [0.5, 0.6) is 11.5 Å². The largest absolute Gasteiger partial charge is 0.490 e. The zero-order chi connectivity index (χ0) is 19.5. The molecule has 2 saturated heterocycles. The molecule has 0 atom stereocenters. The van der Waals surface area contributed by atoms with Gasteiger partial charge in [0, 0.05) is 9.79 Å². The summed E-state index contributed by atoms with van der Waals surface area (Å²) in [5.74, 6) is 1.44. The van der Waals surface area contributed by atoms with E-state index in [9.17, 15) is 10.2 Å². The Hall–Kier alpha value is -1.42. The van der Waals surface area contributed by atoms with Crippen molar-refractivity contribution in [1.82, 2.24) is 0 Å². The predicted octanol–water partition coefficient (Wildman–Crippen LogP) is 2.77. The van der Waals surface area contributed by atoms with Crippen molar-refractivity contribution in [3.63, 3.8) is 0 Å². The molecule has 0 saturated carbocycles. The van der Waals surface area contributed by atoms with Crippen molar-refractivity contribution in [1.29, 1.82) is 0 Å². The molecule has 4 rings (SSSR count). The van der Waals surface area contributed by atoms with Crippen molar-refractivity contribution in [2.45, 2.75) is 21.0 Å². The van der Waals surface area contributed by atoms with Gasteiger partial charge in [0.1, 0.15) is 35.9 Å². The third-order valence-electron chi connectivity index (χ3n) is 4.34. The Balaban J connectivity index is 1.29. The number of ether oxygens (including phenoxy) is 4. The summed E-state index contributed by atoms with van der Waals surface area (Å²) < 4.78 is 21.4. The molecule has 6 nitrogen and oxygen atoms in total. The molecule has 0 bridgehead atoms. The van der Waals surface area contributed by atoms with Crippen LogP contribution in [0.3, 0.4) is 0 Å². The zero-order valence-corrected chi connectivity index (χ0v) is 16.8. The van der Waals surface area contributed by atoms with Gasteiger partial charge in [-0.25, -0.2) is 0 Å². The van der Waals surface area contributed by atoms with Crippen LogP contribution < -0.4 is 9.47 Å². The topological polar surface area (TPSA) is 77.4 Å². The molecule has 2 aliphatic rings. The molecular weight excluding hydrogens is 400 g/mol. The summed E-state index contributed by atoms with van der Waals surface area (Å²) in [6.45, 7) is 1.73. The first kappa shape index (κ1) is 19.9. The van der Waals surface area contributed by atoms with E-state index in [2.05, 4.69) is 0 Å². The Bertz CT molecular complexity index is 739. The van der Waals surface area contributed by atoms with Crippen molar-refractivity contribution in [3.8, 4) is 11.5 Å². The Morgan fingerprint density at radius 3 is 1.54 bits per heavy atom. The Labute approximate surface area is 171 Å². The summed E-state index contributed by atoms with van der Waals surface area (Å²) in [5, 5.41) is 20.1. The van der Waals surface area contributed by atoms with Crippen molar-refractivity contribution in [2.24, 2.45) is 0 Å². The summed E-state index contributed by atoms with van der Waals surface area (Å²) in [6.07, 6.45) is 0. The van der Waals surface area contributed by atoms with Crippen molar-refractivity contribution >= 4 is 21.6 Å². The summed E-state index contributed by atoms with van der Waals surface area (Å²) in [7, 11) is 3.23. The predicted molar refractivity (Wildman–Crippen MR) is 107 cm³/mol. The van der Waals surface area contributed by atoms with E-state index in [1.54, 1.807) is 21.6 Å². The summed E-state index contributed by atoms with van der Waals surface area (Å²) in [5.41, 5.74) is -1.73. The monoisotopic (exact) mass is 422 g/mol. The standard InChI is InChI=1S/C20H22O6S2/c21-19(9-23-10-19)13-25-15-3-1-5-17(7-15)27-28-18-6-2-4-16(8-18)26-14-20(22)11-24-12-20/h1-8,21-22H,9-14H2. The first-order chi connectivity index (χ1) is 13.5. The normalized spacial score (nSPS) is 19.4. The van der Waals surface area contributed by atoms with Gasteiger partial charge in [-0.15, -0.1) is 0 Å². The van der Waals surface area contributed by atoms with Crippen molar-refractivity contribution in [3.05, 3.63) is 48.5 Å². The molecule has 0 spiro atoms.